The summed E-state index contributed by atoms with van der Waals surface area (Å²) < 4.78 is 45.9. The number of nitrogens with zero attached hydrogens (tertiary/aromatic N) is 3. The third-order valence-electron chi connectivity index (χ3n) is 6.91. The Hall–Kier alpha value is -3.05. The number of methoxy groups -OCH3 is 1. The Morgan fingerprint density at radius 2 is 1.97 bits per heavy atom. The van der Waals surface area contributed by atoms with Gasteiger partial charge in [0.25, 0.3) is 0 Å². The monoisotopic (exact) mass is 457 g/mol. The van der Waals surface area contributed by atoms with Gasteiger partial charge in [-0.2, -0.15) is 18.4 Å². The minimum absolute atomic E-state index is 0.0513. The summed E-state index contributed by atoms with van der Waals surface area (Å²) in [7, 11) is 1.64. The topological polar surface area (TPSA) is 56.6 Å². The van der Waals surface area contributed by atoms with Crippen molar-refractivity contribution in [1.29, 1.82) is 5.26 Å². The maximum atomic E-state index is 13.4. The molecule has 2 aromatic carbocycles. The molecule has 2 atom stereocenters. The molecule has 2 aromatic rings. The van der Waals surface area contributed by atoms with Crippen LogP contribution in [0.5, 0.6) is 0 Å². The Bertz CT molecular complexity index is 1050. The molecule has 2 aliphatic rings. The Kier molecular flexibility index (Phi) is 6.35. The summed E-state index contributed by atoms with van der Waals surface area (Å²) >= 11 is 0. The minimum atomic E-state index is -4.59. The van der Waals surface area contributed by atoms with Gasteiger partial charge in [-0.05, 0) is 30.2 Å². The van der Waals surface area contributed by atoms with Crippen molar-refractivity contribution in [3.63, 3.8) is 0 Å². The van der Waals surface area contributed by atoms with E-state index in [1.54, 1.807) is 19.2 Å². The zero-order valence-electron chi connectivity index (χ0n) is 18.4. The molecule has 0 saturated carbocycles. The Morgan fingerprint density at radius 3 is 2.64 bits per heavy atom. The molecule has 0 spiro atoms. The van der Waals surface area contributed by atoms with Crippen LogP contribution in [-0.2, 0) is 22.1 Å². The molecule has 2 saturated heterocycles. The van der Waals surface area contributed by atoms with Crippen molar-refractivity contribution in [2.45, 2.75) is 19.0 Å². The van der Waals surface area contributed by atoms with Gasteiger partial charge in [0, 0.05) is 50.3 Å². The van der Waals surface area contributed by atoms with E-state index in [0.717, 1.165) is 11.6 Å². The molecule has 0 aliphatic carbocycles. The highest BCUT2D eigenvalue weighted by atomic mass is 19.4. The van der Waals surface area contributed by atoms with Crippen molar-refractivity contribution in [3.8, 4) is 6.07 Å². The number of carbonyl (C=O) groups is 1. The van der Waals surface area contributed by atoms with Gasteiger partial charge >= 0.3 is 6.18 Å². The van der Waals surface area contributed by atoms with Crippen molar-refractivity contribution in [1.82, 2.24) is 4.90 Å². The number of hydrogen-bond acceptors (Lipinski definition) is 4. The number of amides is 1. The SMILES string of the molecule is COC[C@@]12CCN(c3ccc(C#N)c(C(F)(F)F)c3)C[C@@H]1CN(C(=O)Cc1ccccc1)C2. The van der Waals surface area contributed by atoms with Gasteiger partial charge in [-0.25, -0.2) is 0 Å². The van der Waals surface area contributed by atoms with Crippen molar-refractivity contribution in [2.24, 2.45) is 11.3 Å². The zero-order valence-corrected chi connectivity index (χ0v) is 18.4. The summed E-state index contributed by atoms with van der Waals surface area (Å²) in [6, 6.07) is 15.1. The van der Waals surface area contributed by atoms with Crippen LogP contribution in [0.3, 0.4) is 0 Å². The van der Waals surface area contributed by atoms with Gasteiger partial charge in [-0.1, -0.05) is 30.3 Å². The number of piperidine rings is 1. The number of benzene rings is 2. The van der Waals surface area contributed by atoms with Crippen molar-refractivity contribution < 1.29 is 22.7 Å². The third-order valence-corrected chi connectivity index (χ3v) is 6.91. The van der Waals surface area contributed by atoms with E-state index in [0.29, 0.717) is 51.3 Å². The molecule has 0 unspecified atom stereocenters. The molecule has 4 rings (SSSR count). The van der Waals surface area contributed by atoms with E-state index in [1.807, 2.05) is 40.1 Å². The van der Waals surface area contributed by atoms with Gasteiger partial charge in [0.05, 0.1) is 30.2 Å². The lowest BCUT2D eigenvalue weighted by atomic mass is 9.73. The fourth-order valence-corrected chi connectivity index (χ4v) is 5.17. The van der Waals surface area contributed by atoms with E-state index in [-0.39, 0.29) is 22.8 Å². The van der Waals surface area contributed by atoms with Crippen LogP contribution in [0.25, 0.3) is 0 Å². The number of carbonyl (C=O) groups excluding carboxylic acids is 1. The van der Waals surface area contributed by atoms with E-state index < -0.39 is 11.7 Å². The summed E-state index contributed by atoms with van der Waals surface area (Å²) in [4.78, 5) is 16.8. The van der Waals surface area contributed by atoms with Gasteiger partial charge in [0.1, 0.15) is 0 Å². The molecular weight excluding hydrogens is 431 g/mol. The lowest BCUT2D eigenvalue weighted by molar-refractivity contribution is -0.137. The van der Waals surface area contributed by atoms with E-state index in [2.05, 4.69) is 0 Å². The second-order valence-corrected chi connectivity index (χ2v) is 8.96. The maximum Gasteiger partial charge on any atom is 0.417 e. The average molecular weight is 457 g/mol. The van der Waals surface area contributed by atoms with Gasteiger partial charge in [-0.15, -0.1) is 0 Å². The fraction of sp³-hybridized carbons (Fsp3) is 0.440. The molecule has 0 radical (unpaired) electrons. The first kappa shape index (κ1) is 23.1. The predicted molar refractivity (Wildman–Crippen MR) is 118 cm³/mol. The first-order chi connectivity index (χ1) is 15.8. The maximum absolute atomic E-state index is 13.4. The van der Waals surface area contributed by atoms with Crippen LogP contribution in [0.15, 0.2) is 48.5 Å². The van der Waals surface area contributed by atoms with Crippen LogP contribution in [0.4, 0.5) is 18.9 Å². The molecule has 8 heteroatoms. The molecule has 174 valence electrons. The summed E-state index contributed by atoms with van der Waals surface area (Å²) in [5, 5.41) is 9.07. The standard InChI is InChI=1S/C25H26F3N3O2/c1-33-17-24-9-10-30(21-8-7-19(13-29)22(12-21)25(26,27)28)14-20(24)15-31(16-24)23(32)11-18-5-3-2-4-6-18/h2-8,12,20H,9-11,14-17H2,1H3/t20-,24+/m1/s1. The van der Waals surface area contributed by atoms with Crippen molar-refractivity contribution in [2.75, 3.05) is 44.8 Å². The van der Waals surface area contributed by atoms with E-state index in [4.69, 9.17) is 10.00 Å². The average Bonchev–Trinajstić information content (AvgIpc) is 3.18. The Labute approximate surface area is 191 Å². The van der Waals surface area contributed by atoms with Gasteiger partial charge in [0.2, 0.25) is 5.91 Å². The van der Waals surface area contributed by atoms with Crippen molar-refractivity contribution >= 4 is 11.6 Å². The molecule has 0 N–H and O–H groups in total. The molecule has 2 fully saturated rings. The first-order valence-corrected chi connectivity index (χ1v) is 10.9. The number of halogens is 3. The summed E-state index contributed by atoms with van der Waals surface area (Å²) in [6.07, 6.45) is -3.56. The van der Waals surface area contributed by atoms with Gasteiger partial charge in [0.15, 0.2) is 0 Å². The van der Waals surface area contributed by atoms with Crippen LogP contribution in [-0.4, -0.2) is 50.7 Å². The number of likely N-dealkylation sites (tertiary alicyclic amines) is 1. The number of rotatable bonds is 5. The number of nitriles is 1. The highest BCUT2D eigenvalue weighted by Crippen LogP contribution is 2.45. The third kappa shape index (κ3) is 4.69. The second kappa shape index (κ2) is 9.06. The number of ether oxygens (including phenoxy) is 1. The lowest BCUT2D eigenvalue weighted by Crippen LogP contribution is -2.49. The number of hydrogen-bond donors (Lipinski definition) is 0. The quantitative estimate of drug-likeness (QED) is 0.678. The summed E-state index contributed by atoms with van der Waals surface area (Å²) in [5.74, 6) is 0.131. The molecule has 2 aliphatic heterocycles. The first-order valence-electron chi connectivity index (χ1n) is 10.9. The highest BCUT2D eigenvalue weighted by molar-refractivity contribution is 5.79. The van der Waals surface area contributed by atoms with E-state index >= 15 is 0 Å². The van der Waals surface area contributed by atoms with E-state index in [1.165, 1.54) is 6.07 Å². The molecule has 2 heterocycles. The number of anilines is 1. The molecule has 0 bridgehead atoms. The summed E-state index contributed by atoms with van der Waals surface area (Å²) in [6.45, 7) is 2.73. The van der Waals surface area contributed by atoms with Crippen LogP contribution in [0, 0.1) is 22.7 Å². The Balaban J connectivity index is 1.53. The van der Waals surface area contributed by atoms with E-state index in [9.17, 15) is 18.0 Å². The molecule has 0 aromatic heterocycles. The highest BCUT2D eigenvalue weighted by Gasteiger charge is 2.50. The number of fused-ring (bicyclic) bond motifs is 1. The number of alkyl halides is 3. The van der Waals surface area contributed by atoms with Gasteiger partial charge in [-0.3, -0.25) is 4.79 Å². The normalized spacial score (nSPS) is 22.7. The smallest absolute Gasteiger partial charge is 0.384 e. The Morgan fingerprint density at radius 1 is 1.21 bits per heavy atom. The van der Waals surface area contributed by atoms with Crippen LogP contribution in [0.2, 0.25) is 0 Å². The van der Waals surface area contributed by atoms with Crippen LogP contribution in [0.1, 0.15) is 23.1 Å². The fourth-order valence-electron chi connectivity index (χ4n) is 5.17. The zero-order chi connectivity index (χ0) is 23.6. The molecule has 1 amide bonds. The largest absolute Gasteiger partial charge is 0.417 e. The minimum Gasteiger partial charge on any atom is -0.384 e. The second-order valence-electron chi connectivity index (χ2n) is 8.96. The van der Waals surface area contributed by atoms with Crippen LogP contribution < -0.4 is 4.90 Å². The molecule has 5 nitrogen and oxygen atoms in total. The van der Waals surface area contributed by atoms with Crippen LogP contribution >= 0.6 is 0 Å². The van der Waals surface area contributed by atoms with Gasteiger partial charge < -0.3 is 14.5 Å². The van der Waals surface area contributed by atoms with Crippen molar-refractivity contribution in [3.05, 3.63) is 65.2 Å². The molecular formula is C25H26F3N3O2. The lowest BCUT2D eigenvalue weighted by Gasteiger charge is -2.44. The molecule has 33 heavy (non-hydrogen) atoms. The predicted octanol–water partition coefficient (Wildman–Crippen LogP) is 4.12. The summed E-state index contributed by atoms with van der Waals surface area (Å²) in [5.41, 5.74) is -0.104.